The van der Waals surface area contributed by atoms with Gasteiger partial charge in [0.15, 0.2) is 0 Å². The first-order valence-corrected chi connectivity index (χ1v) is 8.66. The van der Waals surface area contributed by atoms with Gasteiger partial charge in [0.25, 0.3) is 5.91 Å². The van der Waals surface area contributed by atoms with E-state index in [1.165, 1.54) is 0 Å². The van der Waals surface area contributed by atoms with Crippen LogP contribution in [0.2, 0.25) is 10.0 Å². The average molecular weight is 382 g/mol. The summed E-state index contributed by atoms with van der Waals surface area (Å²) < 4.78 is 1.95. The SMILES string of the molecule is O=C(Nc1cccc(-c2cn3ccccc3n2)c1)c1ccc(Cl)cc1Cl. The quantitative estimate of drug-likeness (QED) is 0.504. The normalized spacial score (nSPS) is 10.8. The van der Waals surface area contributed by atoms with Crippen molar-refractivity contribution in [2.75, 3.05) is 5.32 Å². The van der Waals surface area contributed by atoms with E-state index in [4.69, 9.17) is 23.2 Å². The predicted molar refractivity (Wildman–Crippen MR) is 105 cm³/mol. The minimum absolute atomic E-state index is 0.293. The van der Waals surface area contributed by atoms with Crippen LogP contribution in [0.5, 0.6) is 0 Å². The molecular formula is C20H13Cl2N3O. The van der Waals surface area contributed by atoms with E-state index in [1.54, 1.807) is 18.2 Å². The number of fused-ring (bicyclic) bond motifs is 1. The molecule has 0 saturated carbocycles. The summed E-state index contributed by atoms with van der Waals surface area (Å²) in [5.41, 5.74) is 3.64. The van der Waals surface area contributed by atoms with Crippen molar-refractivity contribution >= 4 is 40.4 Å². The number of benzene rings is 2. The Morgan fingerprint density at radius 2 is 1.88 bits per heavy atom. The highest BCUT2D eigenvalue weighted by Crippen LogP contribution is 2.25. The Bertz CT molecular complexity index is 1090. The Morgan fingerprint density at radius 3 is 2.69 bits per heavy atom. The Hall–Kier alpha value is -2.82. The van der Waals surface area contributed by atoms with Crippen LogP contribution in [0.1, 0.15) is 10.4 Å². The van der Waals surface area contributed by atoms with E-state index < -0.39 is 0 Å². The fourth-order valence-corrected chi connectivity index (χ4v) is 3.20. The second kappa shape index (κ2) is 6.83. The third-order valence-electron chi connectivity index (χ3n) is 3.96. The zero-order valence-electron chi connectivity index (χ0n) is 13.5. The van der Waals surface area contributed by atoms with E-state index in [9.17, 15) is 4.79 Å². The number of aromatic nitrogens is 2. The molecule has 0 aliphatic rings. The van der Waals surface area contributed by atoms with Crippen molar-refractivity contribution in [2.24, 2.45) is 0 Å². The maximum absolute atomic E-state index is 12.5. The van der Waals surface area contributed by atoms with Gasteiger partial charge in [-0.2, -0.15) is 0 Å². The number of nitrogens with one attached hydrogen (secondary N) is 1. The molecule has 0 aliphatic carbocycles. The van der Waals surface area contributed by atoms with Crippen LogP contribution in [0.3, 0.4) is 0 Å². The van der Waals surface area contributed by atoms with Crippen molar-refractivity contribution in [3.05, 3.63) is 88.7 Å². The summed E-state index contributed by atoms with van der Waals surface area (Å²) in [5, 5.41) is 3.66. The van der Waals surface area contributed by atoms with Gasteiger partial charge < -0.3 is 9.72 Å². The first kappa shape index (κ1) is 16.6. The van der Waals surface area contributed by atoms with Crippen molar-refractivity contribution in [3.63, 3.8) is 0 Å². The van der Waals surface area contributed by atoms with Gasteiger partial charge in [0.2, 0.25) is 0 Å². The molecule has 0 saturated heterocycles. The third-order valence-corrected chi connectivity index (χ3v) is 4.50. The van der Waals surface area contributed by atoms with Crippen LogP contribution in [0.15, 0.2) is 73.1 Å². The lowest BCUT2D eigenvalue weighted by molar-refractivity contribution is 0.102. The van der Waals surface area contributed by atoms with Crippen LogP contribution in [-0.4, -0.2) is 15.3 Å². The summed E-state index contributed by atoms with van der Waals surface area (Å²) in [6.07, 6.45) is 3.90. The number of amides is 1. The van der Waals surface area contributed by atoms with Gasteiger partial charge in [-0.3, -0.25) is 4.79 Å². The second-order valence-corrected chi connectivity index (χ2v) is 6.59. The van der Waals surface area contributed by atoms with Crippen LogP contribution in [-0.2, 0) is 0 Å². The molecule has 0 unspecified atom stereocenters. The van der Waals surface area contributed by atoms with E-state index in [2.05, 4.69) is 10.3 Å². The van der Waals surface area contributed by atoms with E-state index in [0.29, 0.717) is 21.3 Å². The first-order chi connectivity index (χ1) is 12.6. The van der Waals surface area contributed by atoms with Crippen LogP contribution >= 0.6 is 23.2 Å². The van der Waals surface area contributed by atoms with Gasteiger partial charge in [-0.1, -0.05) is 41.4 Å². The van der Waals surface area contributed by atoms with Gasteiger partial charge in [-0.15, -0.1) is 0 Å². The molecule has 4 rings (SSSR count). The molecular weight excluding hydrogens is 369 g/mol. The fraction of sp³-hybridized carbons (Fsp3) is 0. The second-order valence-electron chi connectivity index (χ2n) is 5.75. The molecule has 0 spiro atoms. The third kappa shape index (κ3) is 3.29. The molecule has 2 heterocycles. The Morgan fingerprint density at radius 1 is 1.00 bits per heavy atom. The molecule has 128 valence electrons. The number of hydrogen-bond acceptors (Lipinski definition) is 2. The van der Waals surface area contributed by atoms with Crippen LogP contribution in [0.25, 0.3) is 16.9 Å². The summed E-state index contributed by atoms with van der Waals surface area (Å²) in [6.45, 7) is 0. The summed E-state index contributed by atoms with van der Waals surface area (Å²) in [6, 6.07) is 18.1. The molecule has 6 heteroatoms. The number of pyridine rings is 1. The first-order valence-electron chi connectivity index (χ1n) is 7.91. The lowest BCUT2D eigenvalue weighted by atomic mass is 10.1. The Balaban J connectivity index is 1.62. The lowest BCUT2D eigenvalue weighted by Gasteiger charge is -2.08. The zero-order chi connectivity index (χ0) is 18.1. The fourth-order valence-electron chi connectivity index (χ4n) is 2.70. The van der Waals surface area contributed by atoms with Crippen molar-refractivity contribution in [1.29, 1.82) is 0 Å². The van der Waals surface area contributed by atoms with Crippen molar-refractivity contribution in [2.45, 2.75) is 0 Å². The van der Waals surface area contributed by atoms with Gasteiger partial charge in [0.05, 0.1) is 16.3 Å². The van der Waals surface area contributed by atoms with Crippen LogP contribution in [0.4, 0.5) is 5.69 Å². The van der Waals surface area contributed by atoms with Gasteiger partial charge in [-0.25, -0.2) is 4.98 Å². The van der Waals surface area contributed by atoms with E-state index in [0.717, 1.165) is 16.9 Å². The molecule has 0 bridgehead atoms. The number of imidazole rings is 1. The molecule has 0 radical (unpaired) electrons. The minimum atomic E-state index is -0.293. The summed E-state index contributed by atoms with van der Waals surface area (Å²) in [5.74, 6) is -0.293. The number of rotatable bonds is 3. The molecule has 2 aromatic carbocycles. The van der Waals surface area contributed by atoms with E-state index in [1.807, 2.05) is 59.3 Å². The minimum Gasteiger partial charge on any atom is -0.322 e. The number of nitrogens with zero attached hydrogens (tertiary/aromatic N) is 2. The summed E-state index contributed by atoms with van der Waals surface area (Å²) >= 11 is 12.0. The van der Waals surface area contributed by atoms with Crippen molar-refractivity contribution in [3.8, 4) is 11.3 Å². The molecule has 1 amide bonds. The summed E-state index contributed by atoms with van der Waals surface area (Å²) in [7, 11) is 0. The van der Waals surface area contributed by atoms with E-state index in [-0.39, 0.29) is 5.91 Å². The number of hydrogen-bond donors (Lipinski definition) is 1. The number of halogens is 2. The largest absolute Gasteiger partial charge is 0.322 e. The van der Waals surface area contributed by atoms with Crippen LogP contribution < -0.4 is 5.32 Å². The topological polar surface area (TPSA) is 46.4 Å². The average Bonchev–Trinajstić information content (AvgIpc) is 3.06. The molecule has 26 heavy (non-hydrogen) atoms. The van der Waals surface area contributed by atoms with Gasteiger partial charge in [0.1, 0.15) is 5.65 Å². The molecule has 0 aliphatic heterocycles. The Labute approximate surface area is 160 Å². The smallest absolute Gasteiger partial charge is 0.257 e. The highest BCUT2D eigenvalue weighted by atomic mass is 35.5. The molecule has 0 atom stereocenters. The molecule has 4 aromatic rings. The zero-order valence-corrected chi connectivity index (χ0v) is 15.0. The van der Waals surface area contributed by atoms with Crippen molar-refractivity contribution < 1.29 is 4.79 Å². The molecule has 2 aromatic heterocycles. The number of carbonyl (C=O) groups is 1. The maximum atomic E-state index is 12.5. The Kier molecular flexibility index (Phi) is 4.37. The van der Waals surface area contributed by atoms with E-state index >= 15 is 0 Å². The number of carbonyl (C=O) groups excluding carboxylic acids is 1. The number of anilines is 1. The van der Waals surface area contributed by atoms with Gasteiger partial charge in [0, 0.05) is 28.7 Å². The van der Waals surface area contributed by atoms with Crippen LogP contribution in [0, 0.1) is 0 Å². The predicted octanol–water partition coefficient (Wildman–Crippen LogP) is 5.56. The highest BCUT2D eigenvalue weighted by Gasteiger charge is 2.12. The van der Waals surface area contributed by atoms with Crippen molar-refractivity contribution in [1.82, 2.24) is 9.38 Å². The standard InChI is InChI=1S/C20H13Cl2N3O/c21-14-7-8-16(17(22)11-14)20(26)23-15-5-3-4-13(10-15)18-12-25-9-2-1-6-19(25)24-18/h1-12H,(H,23,26). The summed E-state index contributed by atoms with van der Waals surface area (Å²) in [4.78, 5) is 17.1. The molecule has 4 nitrogen and oxygen atoms in total. The van der Waals surface area contributed by atoms with Gasteiger partial charge >= 0.3 is 0 Å². The molecule has 1 N–H and O–H groups in total. The van der Waals surface area contributed by atoms with Gasteiger partial charge in [-0.05, 0) is 42.5 Å². The monoisotopic (exact) mass is 381 g/mol. The highest BCUT2D eigenvalue weighted by molar-refractivity contribution is 6.37. The molecule has 0 fully saturated rings. The maximum Gasteiger partial charge on any atom is 0.257 e. The lowest BCUT2D eigenvalue weighted by Crippen LogP contribution is -2.12.